The minimum atomic E-state index is -0.136. The molecule has 1 aromatic carbocycles. The summed E-state index contributed by atoms with van der Waals surface area (Å²) in [6.07, 6.45) is 1.74. The minimum absolute atomic E-state index is 0.0796. The van der Waals surface area contributed by atoms with Crippen LogP contribution in [-0.4, -0.2) is 15.5 Å². The van der Waals surface area contributed by atoms with Crippen molar-refractivity contribution in [1.29, 1.82) is 0 Å². The van der Waals surface area contributed by atoms with Crippen molar-refractivity contribution < 1.29 is 4.79 Å². The van der Waals surface area contributed by atoms with Gasteiger partial charge in [0.1, 0.15) is 0 Å². The van der Waals surface area contributed by atoms with E-state index in [9.17, 15) is 9.59 Å². The van der Waals surface area contributed by atoms with Crippen molar-refractivity contribution in [2.45, 2.75) is 26.4 Å². The zero-order chi connectivity index (χ0) is 17.1. The van der Waals surface area contributed by atoms with E-state index in [1.807, 2.05) is 24.4 Å². The van der Waals surface area contributed by atoms with Gasteiger partial charge in [0.25, 0.3) is 5.56 Å². The van der Waals surface area contributed by atoms with E-state index in [1.54, 1.807) is 23.5 Å². The van der Waals surface area contributed by atoms with Crippen LogP contribution in [0.25, 0.3) is 10.9 Å². The Balaban J connectivity index is 1.65. The average Bonchev–Trinajstić information content (AvgIpc) is 2.98. The Morgan fingerprint density at radius 1 is 1.38 bits per heavy atom. The summed E-state index contributed by atoms with van der Waals surface area (Å²) in [7, 11) is 0. The monoisotopic (exact) mass is 405 g/mol. The lowest BCUT2D eigenvalue weighted by Gasteiger charge is -2.08. The van der Waals surface area contributed by atoms with Crippen molar-refractivity contribution in [3.05, 3.63) is 61.2 Å². The number of fused-ring (bicyclic) bond motifs is 1. The van der Waals surface area contributed by atoms with E-state index < -0.39 is 0 Å². The van der Waals surface area contributed by atoms with Crippen LogP contribution in [0, 0.1) is 6.92 Å². The van der Waals surface area contributed by atoms with Crippen molar-refractivity contribution >= 4 is 44.1 Å². The number of thiophene rings is 1. The topological polar surface area (TPSA) is 64.0 Å². The maximum atomic E-state index is 12.5. The molecule has 0 radical (unpaired) electrons. The first-order valence-electron chi connectivity index (χ1n) is 7.49. The Morgan fingerprint density at radius 2 is 2.21 bits per heavy atom. The van der Waals surface area contributed by atoms with E-state index in [-0.39, 0.29) is 17.9 Å². The Bertz CT molecular complexity index is 948. The standard InChI is InChI=1S/C17H16BrN3O2S/c1-11-5-7-24-15(11)9-19-16(22)4-6-21-10-20-14-3-2-12(18)8-13(14)17(21)23/h2-3,5,7-8,10H,4,6,9H2,1H3,(H,19,22). The van der Waals surface area contributed by atoms with Crippen molar-refractivity contribution in [1.82, 2.24) is 14.9 Å². The molecule has 0 saturated carbocycles. The van der Waals surface area contributed by atoms with Crippen LogP contribution in [0.4, 0.5) is 0 Å². The lowest BCUT2D eigenvalue weighted by molar-refractivity contribution is -0.121. The third-order valence-electron chi connectivity index (χ3n) is 3.78. The molecule has 2 aromatic heterocycles. The van der Waals surface area contributed by atoms with Gasteiger partial charge in [0.05, 0.1) is 23.8 Å². The molecule has 1 amide bonds. The molecule has 124 valence electrons. The highest BCUT2D eigenvalue weighted by molar-refractivity contribution is 9.10. The SMILES string of the molecule is Cc1ccsc1CNC(=O)CCn1cnc2ccc(Br)cc2c1=O. The quantitative estimate of drug-likeness (QED) is 0.708. The molecule has 7 heteroatoms. The molecule has 3 rings (SSSR count). The van der Waals surface area contributed by atoms with Crippen LogP contribution in [0.2, 0.25) is 0 Å². The average molecular weight is 406 g/mol. The lowest BCUT2D eigenvalue weighted by Crippen LogP contribution is -2.27. The Hall–Kier alpha value is -1.99. The van der Waals surface area contributed by atoms with Crippen LogP contribution in [0.3, 0.4) is 0 Å². The molecule has 0 aliphatic carbocycles. The largest absolute Gasteiger partial charge is 0.351 e. The molecular weight excluding hydrogens is 390 g/mol. The fraction of sp³-hybridized carbons (Fsp3) is 0.235. The molecule has 0 aliphatic heterocycles. The second-order valence-corrected chi connectivity index (χ2v) is 7.37. The van der Waals surface area contributed by atoms with E-state index in [0.29, 0.717) is 24.0 Å². The molecule has 3 aromatic rings. The third-order valence-corrected chi connectivity index (χ3v) is 5.30. The Morgan fingerprint density at radius 3 is 2.96 bits per heavy atom. The Labute approximate surface area is 151 Å². The lowest BCUT2D eigenvalue weighted by atomic mass is 10.2. The van der Waals surface area contributed by atoms with Gasteiger partial charge in [-0.05, 0) is 42.1 Å². The smallest absolute Gasteiger partial charge is 0.261 e. The van der Waals surface area contributed by atoms with Crippen molar-refractivity contribution in [3.63, 3.8) is 0 Å². The first-order chi connectivity index (χ1) is 11.5. The van der Waals surface area contributed by atoms with Crippen molar-refractivity contribution in [3.8, 4) is 0 Å². The summed E-state index contributed by atoms with van der Waals surface area (Å²) >= 11 is 4.99. The van der Waals surface area contributed by atoms with Gasteiger partial charge in [-0.1, -0.05) is 15.9 Å². The van der Waals surface area contributed by atoms with Gasteiger partial charge in [-0.2, -0.15) is 0 Å². The molecule has 0 fully saturated rings. The molecule has 0 atom stereocenters. The normalized spacial score (nSPS) is 10.9. The zero-order valence-corrected chi connectivity index (χ0v) is 15.5. The number of nitrogens with zero attached hydrogens (tertiary/aromatic N) is 2. The summed E-state index contributed by atoms with van der Waals surface area (Å²) in [5.74, 6) is -0.0796. The number of nitrogens with one attached hydrogen (secondary N) is 1. The van der Waals surface area contributed by atoms with Gasteiger partial charge in [-0.15, -0.1) is 11.3 Å². The number of aryl methyl sites for hydroxylation is 2. The highest BCUT2D eigenvalue weighted by atomic mass is 79.9. The predicted octanol–water partition coefficient (Wildman–Crippen LogP) is 3.24. The van der Waals surface area contributed by atoms with Crippen molar-refractivity contribution in [2.75, 3.05) is 0 Å². The Kier molecular flexibility index (Phi) is 5.11. The summed E-state index contributed by atoms with van der Waals surface area (Å²) < 4.78 is 2.31. The fourth-order valence-corrected chi connectivity index (χ4v) is 3.57. The summed E-state index contributed by atoms with van der Waals surface area (Å²) in [6.45, 7) is 2.86. The van der Waals surface area contributed by atoms with Gasteiger partial charge in [0.2, 0.25) is 5.91 Å². The highest BCUT2D eigenvalue weighted by Gasteiger charge is 2.08. The van der Waals surface area contributed by atoms with Crippen LogP contribution in [-0.2, 0) is 17.9 Å². The fourth-order valence-electron chi connectivity index (χ4n) is 2.36. The number of carbonyl (C=O) groups excluding carboxylic acids is 1. The second-order valence-electron chi connectivity index (χ2n) is 5.46. The molecule has 2 heterocycles. The molecule has 0 unspecified atom stereocenters. The van der Waals surface area contributed by atoms with E-state index in [2.05, 4.69) is 26.2 Å². The number of carbonyl (C=O) groups is 1. The molecule has 0 aliphatic rings. The maximum Gasteiger partial charge on any atom is 0.261 e. The number of rotatable bonds is 5. The molecule has 24 heavy (non-hydrogen) atoms. The van der Waals surface area contributed by atoms with Crippen LogP contribution < -0.4 is 10.9 Å². The molecule has 5 nitrogen and oxygen atoms in total. The van der Waals surface area contributed by atoms with Crippen LogP contribution in [0.5, 0.6) is 0 Å². The van der Waals surface area contributed by atoms with Crippen LogP contribution >= 0.6 is 27.3 Å². The highest BCUT2D eigenvalue weighted by Crippen LogP contribution is 2.15. The third kappa shape index (κ3) is 3.73. The summed E-state index contributed by atoms with van der Waals surface area (Å²) in [5, 5.41) is 5.44. The minimum Gasteiger partial charge on any atom is -0.351 e. The van der Waals surface area contributed by atoms with Gasteiger partial charge >= 0.3 is 0 Å². The zero-order valence-electron chi connectivity index (χ0n) is 13.1. The summed E-state index contributed by atoms with van der Waals surface area (Å²) in [5.41, 5.74) is 1.70. The molecular formula is C17H16BrN3O2S. The molecule has 0 bridgehead atoms. The van der Waals surface area contributed by atoms with Gasteiger partial charge in [0.15, 0.2) is 0 Å². The van der Waals surface area contributed by atoms with E-state index in [0.717, 1.165) is 9.35 Å². The number of aromatic nitrogens is 2. The van der Waals surface area contributed by atoms with Gasteiger partial charge < -0.3 is 5.32 Å². The number of hydrogen-bond acceptors (Lipinski definition) is 4. The van der Waals surface area contributed by atoms with Gasteiger partial charge in [-0.3, -0.25) is 14.2 Å². The van der Waals surface area contributed by atoms with E-state index in [4.69, 9.17) is 0 Å². The van der Waals surface area contributed by atoms with E-state index >= 15 is 0 Å². The second kappa shape index (κ2) is 7.27. The maximum absolute atomic E-state index is 12.5. The number of halogens is 1. The molecule has 0 spiro atoms. The van der Waals surface area contributed by atoms with Crippen LogP contribution in [0.1, 0.15) is 16.9 Å². The van der Waals surface area contributed by atoms with Gasteiger partial charge in [-0.25, -0.2) is 4.98 Å². The number of hydrogen-bond donors (Lipinski definition) is 1. The number of benzene rings is 1. The molecule has 1 N–H and O–H groups in total. The predicted molar refractivity (Wildman–Crippen MR) is 99.2 cm³/mol. The van der Waals surface area contributed by atoms with E-state index in [1.165, 1.54) is 16.5 Å². The summed E-state index contributed by atoms with van der Waals surface area (Å²) in [4.78, 5) is 29.9. The van der Waals surface area contributed by atoms with Crippen LogP contribution in [0.15, 0.2) is 45.2 Å². The molecule has 0 saturated heterocycles. The van der Waals surface area contributed by atoms with Gasteiger partial charge in [0, 0.05) is 22.3 Å². The first kappa shape index (κ1) is 16.9. The first-order valence-corrected chi connectivity index (χ1v) is 9.16. The van der Waals surface area contributed by atoms with Crippen molar-refractivity contribution in [2.24, 2.45) is 0 Å². The number of amides is 1. The summed E-state index contributed by atoms with van der Waals surface area (Å²) in [6, 6.07) is 7.42.